The molecular formula is C9H11N3OS. The van der Waals surface area contributed by atoms with Gasteiger partial charge in [-0.25, -0.2) is 0 Å². The Kier molecular flexibility index (Phi) is 2.58. The van der Waals surface area contributed by atoms with Gasteiger partial charge < -0.3 is 4.52 Å². The molecule has 0 spiro atoms. The summed E-state index contributed by atoms with van der Waals surface area (Å²) in [6, 6.07) is 1.95. The van der Waals surface area contributed by atoms with Crippen molar-refractivity contribution >= 4 is 11.3 Å². The minimum Gasteiger partial charge on any atom is -0.361 e. The van der Waals surface area contributed by atoms with Crippen LogP contribution in [0.4, 0.5) is 0 Å². The van der Waals surface area contributed by atoms with E-state index in [-0.39, 0.29) is 0 Å². The van der Waals surface area contributed by atoms with E-state index in [9.17, 15) is 0 Å². The fourth-order valence-electron chi connectivity index (χ4n) is 1.20. The first kappa shape index (κ1) is 9.33. The highest BCUT2D eigenvalue weighted by molar-refractivity contribution is 7.11. The van der Waals surface area contributed by atoms with Crippen molar-refractivity contribution in [3.05, 3.63) is 27.5 Å². The van der Waals surface area contributed by atoms with Gasteiger partial charge in [-0.1, -0.05) is 5.16 Å². The average molecular weight is 209 g/mol. The zero-order chi connectivity index (χ0) is 9.97. The van der Waals surface area contributed by atoms with Crippen LogP contribution in [0.1, 0.15) is 21.5 Å². The number of hydrogen-bond acceptors (Lipinski definition) is 5. The summed E-state index contributed by atoms with van der Waals surface area (Å²) < 4.78 is 5.10. The van der Waals surface area contributed by atoms with Crippen molar-refractivity contribution in [1.82, 2.24) is 15.4 Å². The van der Waals surface area contributed by atoms with Gasteiger partial charge in [0.2, 0.25) is 0 Å². The predicted molar refractivity (Wildman–Crippen MR) is 53.3 cm³/mol. The number of aromatic nitrogens is 3. The van der Waals surface area contributed by atoms with Crippen LogP contribution >= 0.6 is 11.3 Å². The molecule has 74 valence electrons. The van der Waals surface area contributed by atoms with Crippen LogP contribution in [0.2, 0.25) is 0 Å². The minimum atomic E-state index is 0.843. The molecule has 0 aliphatic rings. The monoisotopic (exact) mass is 209 g/mol. The lowest BCUT2D eigenvalue weighted by Gasteiger charge is -1.89. The average Bonchev–Trinajstić information content (AvgIpc) is 2.72. The Labute approximate surface area is 86.0 Å². The van der Waals surface area contributed by atoms with E-state index in [1.807, 2.05) is 19.9 Å². The molecule has 0 saturated carbocycles. The Balaban J connectivity index is 1.94. The molecule has 0 fully saturated rings. The van der Waals surface area contributed by atoms with E-state index in [1.165, 1.54) is 0 Å². The molecular weight excluding hydrogens is 198 g/mol. The van der Waals surface area contributed by atoms with Gasteiger partial charge in [-0.15, -0.1) is 21.5 Å². The third-order valence-electron chi connectivity index (χ3n) is 1.83. The molecule has 0 aromatic carbocycles. The molecule has 2 aromatic rings. The predicted octanol–water partition coefficient (Wildman–Crippen LogP) is 1.93. The maximum absolute atomic E-state index is 5.10. The molecule has 2 heterocycles. The van der Waals surface area contributed by atoms with Crippen molar-refractivity contribution in [3.63, 3.8) is 0 Å². The number of rotatable bonds is 3. The first-order valence-corrected chi connectivity index (χ1v) is 5.27. The van der Waals surface area contributed by atoms with Crippen molar-refractivity contribution < 1.29 is 4.52 Å². The number of aryl methyl sites for hydroxylation is 4. The van der Waals surface area contributed by atoms with Crippen LogP contribution in [0.3, 0.4) is 0 Å². The lowest BCUT2D eigenvalue weighted by molar-refractivity contribution is 0.379. The van der Waals surface area contributed by atoms with Crippen LogP contribution in [0.15, 0.2) is 10.6 Å². The van der Waals surface area contributed by atoms with Gasteiger partial charge in [0, 0.05) is 18.9 Å². The molecule has 0 aliphatic heterocycles. The van der Waals surface area contributed by atoms with Crippen molar-refractivity contribution in [2.75, 3.05) is 0 Å². The van der Waals surface area contributed by atoms with Crippen LogP contribution in [-0.4, -0.2) is 15.4 Å². The zero-order valence-electron chi connectivity index (χ0n) is 8.15. The largest absolute Gasteiger partial charge is 0.361 e. The second-order valence-electron chi connectivity index (χ2n) is 3.15. The van der Waals surface area contributed by atoms with Gasteiger partial charge in [0.1, 0.15) is 15.8 Å². The molecule has 0 radical (unpaired) electrons. The van der Waals surface area contributed by atoms with Crippen LogP contribution in [0.5, 0.6) is 0 Å². The topological polar surface area (TPSA) is 51.8 Å². The molecule has 0 saturated heterocycles. The molecule has 5 heteroatoms. The van der Waals surface area contributed by atoms with E-state index in [0.29, 0.717) is 0 Å². The van der Waals surface area contributed by atoms with Gasteiger partial charge >= 0.3 is 0 Å². The van der Waals surface area contributed by atoms with Crippen LogP contribution in [0, 0.1) is 13.8 Å². The zero-order valence-corrected chi connectivity index (χ0v) is 8.97. The maximum atomic E-state index is 5.10. The number of hydrogen-bond donors (Lipinski definition) is 0. The lowest BCUT2D eigenvalue weighted by Crippen LogP contribution is -1.88. The molecule has 0 amide bonds. The maximum Gasteiger partial charge on any atom is 0.137 e. The molecule has 0 bridgehead atoms. The quantitative estimate of drug-likeness (QED) is 0.775. The minimum absolute atomic E-state index is 0.843. The van der Waals surface area contributed by atoms with Gasteiger partial charge in [0.05, 0.1) is 5.69 Å². The van der Waals surface area contributed by atoms with Crippen molar-refractivity contribution in [2.45, 2.75) is 26.7 Å². The fourth-order valence-corrected chi connectivity index (χ4v) is 1.91. The van der Waals surface area contributed by atoms with Crippen LogP contribution < -0.4 is 0 Å². The third kappa shape index (κ3) is 2.17. The van der Waals surface area contributed by atoms with E-state index in [0.717, 1.165) is 34.3 Å². The normalized spacial score (nSPS) is 10.7. The van der Waals surface area contributed by atoms with E-state index in [2.05, 4.69) is 15.4 Å². The molecule has 0 N–H and O–H groups in total. The summed E-state index contributed by atoms with van der Waals surface area (Å²) in [6.45, 7) is 3.88. The molecule has 0 unspecified atom stereocenters. The summed E-state index contributed by atoms with van der Waals surface area (Å²) in [6.07, 6.45) is 1.72. The molecule has 2 rings (SSSR count). The second kappa shape index (κ2) is 3.88. The summed E-state index contributed by atoms with van der Waals surface area (Å²) in [5, 5.41) is 13.9. The highest BCUT2D eigenvalue weighted by Gasteiger charge is 2.04. The van der Waals surface area contributed by atoms with Crippen LogP contribution in [0.25, 0.3) is 0 Å². The lowest BCUT2D eigenvalue weighted by atomic mass is 10.2. The van der Waals surface area contributed by atoms with Crippen molar-refractivity contribution in [3.8, 4) is 0 Å². The summed E-state index contributed by atoms with van der Waals surface area (Å²) in [5.41, 5.74) is 0.924. The first-order valence-electron chi connectivity index (χ1n) is 4.45. The van der Waals surface area contributed by atoms with Crippen molar-refractivity contribution in [2.24, 2.45) is 0 Å². The molecule has 4 nitrogen and oxygen atoms in total. The van der Waals surface area contributed by atoms with E-state index in [1.54, 1.807) is 11.3 Å². The molecule has 14 heavy (non-hydrogen) atoms. The Morgan fingerprint density at radius 1 is 1.29 bits per heavy atom. The van der Waals surface area contributed by atoms with Gasteiger partial charge in [0.25, 0.3) is 0 Å². The molecule has 0 atom stereocenters. The first-order chi connectivity index (χ1) is 6.74. The summed E-state index contributed by atoms with van der Waals surface area (Å²) in [7, 11) is 0. The van der Waals surface area contributed by atoms with Gasteiger partial charge in [0.15, 0.2) is 0 Å². The van der Waals surface area contributed by atoms with Gasteiger partial charge in [-0.3, -0.25) is 0 Å². The standard InChI is InChI=1S/C9H11N3OS/c1-6-5-8(13-12-6)3-4-9-11-10-7(2)14-9/h5H,3-4H2,1-2H3. The number of nitrogens with zero attached hydrogens (tertiary/aromatic N) is 3. The smallest absolute Gasteiger partial charge is 0.137 e. The highest BCUT2D eigenvalue weighted by Crippen LogP contribution is 2.12. The van der Waals surface area contributed by atoms with Crippen LogP contribution in [-0.2, 0) is 12.8 Å². The molecule has 2 aromatic heterocycles. The van der Waals surface area contributed by atoms with Gasteiger partial charge in [-0.05, 0) is 13.8 Å². The third-order valence-corrected chi connectivity index (χ3v) is 2.73. The Morgan fingerprint density at radius 2 is 2.14 bits per heavy atom. The van der Waals surface area contributed by atoms with Crippen molar-refractivity contribution in [1.29, 1.82) is 0 Å². The van der Waals surface area contributed by atoms with E-state index in [4.69, 9.17) is 4.52 Å². The highest BCUT2D eigenvalue weighted by atomic mass is 32.1. The summed E-state index contributed by atoms with van der Waals surface area (Å²) in [5.74, 6) is 0.912. The van der Waals surface area contributed by atoms with Gasteiger partial charge in [-0.2, -0.15) is 0 Å². The summed E-state index contributed by atoms with van der Waals surface area (Å²) in [4.78, 5) is 0. The Bertz CT molecular complexity index is 381. The van der Waals surface area contributed by atoms with E-state index < -0.39 is 0 Å². The SMILES string of the molecule is Cc1cc(CCc2nnc(C)s2)on1. The molecule has 0 aliphatic carbocycles. The van der Waals surface area contributed by atoms with E-state index >= 15 is 0 Å². The Hall–Kier alpha value is -1.23. The fraction of sp³-hybridized carbons (Fsp3) is 0.444. The summed E-state index contributed by atoms with van der Waals surface area (Å²) >= 11 is 1.63. The second-order valence-corrected chi connectivity index (χ2v) is 4.42. The Morgan fingerprint density at radius 3 is 2.71 bits per heavy atom.